The Morgan fingerprint density at radius 1 is 0.650 bits per heavy atom. The molecule has 0 fully saturated rings. The average Bonchev–Trinajstić information content (AvgIpc) is 2.44. The second kappa shape index (κ2) is 16.7. The van der Waals surface area contributed by atoms with Gasteiger partial charge in [-0.1, -0.05) is 90.9 Å². The molecule has 0 rings (SSSR count). The molecule has 0 saturated carbocycles. The van der Waals surface area contributed by atoms with Gasteiger partial charge < -0.3 is 0 Å². The fourth-order valence-corrected chi connectivity index (χ4v) is 2.66. The first kappa shape index (κ1) is 19.7. The van der Waals surface area contributed by atoms with Crippen LogP contribution in [0.3, 0.4) is 0 Å². The zero-order chi connectivity index (χ0) is 14.9. The van der Waals surface area contributed by atoms with Crippen LogP contribution in [0.5, 0.6) is 0 Å². The molecule has 1 nitrogen and oxygen atoms in total. The molecule has 0 bridgehead atoms. The van der Waals surface area contributed by atoms with Crippen LogP contribution in [0.15, 0.2) is 0 Å². The maximum absolute atomic E-state index is 11.3. The Kier molecular flexibility index (Phi) is 16.4. The lowest BCUT2D eigenvalue weighted by Crippen LogP contribution is -1.96. The zero-order valence-electron chi connectivity index (χ0n) is 13.9. The minimum absolute atomic E-state index is 0.406. The molecule has 0 atom stereocenters. The highest BCUT2D eigenvalue weighted by Gasteiger charge is 1.99. The van der Waals surface area contributed by atoms with Crippen molar-refractivity contribution in [2.24, 2.45) is 0 Å². The number of Topliss-reactive ketones (excluding diaryl/α,β-unsaturated/α-hetero) is 1. The maximum atomic E-state index is 11.3. The van der Waals surface area contributed by atoms with Crippen LogP contribution in [-0.4, -0.2) is 5.78 Å². The Bertz CT molecular complexity index is 198. The summed E-state index contributed by atoms with van der Waals surface area (Å²) in [4.78, 5) is 11.3. The summed E-state index contributed by atoms with van der Waals surface area (Å²) in [5, 5.41) is 0. The fourth-order valence-electron chi connectivity index (χ4n) is 2.66. The van der Waals surface area contributed by atoms with Crippen LogP contribution in [0.25, 0.3) is 0 Å². The number of ketones is 1. The Balaban J connectivity index is 3.01. The van der Waals surface area contributed by atoms with E-state index in [1.807, 2.05) is 0 Å². The van der Waals surface area contributed by atoms with Crippen LogP contribution in [0, 0.1) is 6.92 Å². The van der Waals surface area contributed by atoms with E-state index >= 15 is 0 Å². The van der Waals surface area contributed by atoms with E-state index in [1.165, 1.54) is 77.0 Å². The molecule has 0 aliphatic heterocycles. The van der Waals surface area contributed by atoms with Gasteiger partial charge in [-0.3, -0.25) is 4.79 Å². The fraction of sp³-hybridized carbons (Fsp3) is 0.895. The number of carbonyl (C=O) groups excluding carboxylic acids is 1. The summed E-state index contributed by atoms with van der Waals surface area (Å²) in [6, 6.07) is 0. The molecule has 0 amide bonds. The predicted molar refractivity (Wildman–Crippen MR) is 89.9 cm³/mol. The average molecular weight is 282 g/mol. The van der Waals surface area contributed by atoms with Gasteiger partial charge in [0.25, 0.3) is 0 Å². The molecular weight excluding hydrogens is 244 g/mol. The summed E-state index contributed by atoms with van der Waals surface area (Å²) >= 11 is 0. The highest BCUT2D eigenvalue weighted by molar-refractivity contribution is 5.78. The molecule has 119 valence electrons. The lowest BCUT2D eigenvalue weighted by molar-refractivity contribution is -0.119. The zero-order valence-corrected chi connectivity index (χ0v) is 13.9. The standard InChI is InChI=1S/C19H37O/c1-3-5-6-7-8-9-10-11-12-13-14-15-16-18-19(20)17-4-2/h2-18H2,1H3. The summed E-state index contributed by atoms with van der Waals surface area (Å²) in [6.45, 7) is 5.99. The van der Waals surface area contributed by atoms with Crippen molar-refractivity contribution in [3.05, 3.63) is 6.92 Å². The molecule has 0 aliphatic carbocycles. The van der Waals surface area contributed by atoms with E-state index in [0.29, 0.717) is 12.2 Å². The van der Waals surface area contributed by atoms with Gasteiger partial charge in [0, 0.05) is 12.8 Å². The van der Waals surface area contributed by atoms with E-state index in [0.717, 1.165) is 19.3 Å². The third-order valence-corrected chi connectivity index (χ3v) is 4.01. The first-order valence-electron chi connectivity index (χ1n) is 9.12. The van der Waals surface area contributed by atoms with Crippen LogP contribution < -0.4 is 0 Å². The van der Waals surface area contributed by atoms with Crippen molar-refractivity contribution in [3.8, 4) is 0 Å². The normalized spacial score (nSPS) is 10.9. The lowest BCUT2D eigenvalue weighted by atomic mass is 10.0. The van der Waals surface area contributed by atoms with Gasteiger partial charge >= 0.3 is 0 Å². The second-order valence-electron chi connectivity index (χ2n) is 6.13. The third kappa shape index (κ3) is 15.7. The predicted octanol–water partition coefficient (Wildman–Crippen LogP) is 6.65. The molecule has 0 spiro atoms. The molecule has 0 aliphatic rings. The number of hydrogen-bond acceptors (Lipinski definition) is 1. The molecule has 1 heteroatoms. The van der Waals surface area contributed by atoms with Crippen LogP contribution in [0.2, 0.25) is 0 Å². The SMILES string of the molecule is [CH2]CCC(=O)CCCCCCCCCCCCCCC. The van der Waals surface area contributed by atoms with Crippen molar-refractivity contribution >= 4 is 5.78 Å². The second-order valence-corrected chi connectivity index (χ2v) is 6.13. The van der Waals surface area contributed by atoms with Crippen molar-refractivity contribution < 1.29 is 4.79 Å². The maximum Gasteiger partial charge on any atom is 0.132 e. The summed E-state index contributed by atoms with van der Waals surface area (Å²) < 4.78 is 0. The molecular formula is C19H37O. The Hall–Kier alpha value is -0.330. The molecule has 0 saturated heterocycles. The molecule has 1 radical (unpaired) electrons. The summed E-state index contributed by atoms with van der Waals surface area (Å²) in [6.07, 6.45) is 20.0. The molecule has 0 aromatic rings. The highest BCUT2D eigenvalue weighted by atomic mass is 16.1. The summed E-state index contributed by atoms with van der Waals surface area (Å²) in [5.74, 6) is 0.406. The van der Waals surface area contributed by atoms with Crippen molar-refractivity contribution in [1.82, 2.24) is 0 Å². The van der Waals surface area contributed by atoms with E-state index in [4.69, 9.17) is 0 Å². The van der Waals surface area contributed by atoms with Crippen LogP contribution in [0.4, 0.5) is 0 Å². The first-order chi connectivity index (χ1) is 9.81. The molecule has 0 heterocycles. The van der Waals surface area contributed by atoms with Crippen molar-refractivity contribution in [2.75, 3.05) is 0 Å². The van der Waals surface area contributed by atoms with Gasteiger partial charge in [-0.25, -0.2) is 0 Å². The van der Waals surface area contributed by atoms with E-state index in [2.05, 4.69) is 13.8 Å². The third-order valence-electron chi connectivity index (χ3n) is 4.01. The molecule has 0 aromatic heterocycles. The smallest absolute Gasteiger partial charge is 0.132 e. The Morgan fingerprint density at radius 3 is 1.45 bits per heavy atom. The lowest BCUT2D eigenvalue weighted by Gasteiger charge is -2.03. The molecule has 0 unspecified atom stereocenters. The Labute approximate surface area is 127 Å². The van der Waals surface area contributed by atoms with Gasteiger partial charge in [0.2, 0.25) is 0 Å². The van der Waals surface area contributed by atoms with Crippen molar-refractivity contribution in [2.45, 2.75) is 110 Å². The number of carbonyl (C=O) groups is 1. The number of hydrogen-bond donors (Lipinski definition) is 0. The molecule has 20 heavy (non-hydrogen) atoms. The van der Waals surface area contributed by atoms with E-state index in [9.17, 15) is 4.79 Å². The van der Waals surface area contributed by atoms with Gasteiger partial charge in [-0.05, 0) is 12.8 Å². The topological polar surface area (TPSA) is 17.1 Å². The van der Waals surface area contributed by atoms with Gasteiger partial charge in [0.05, 0.1) is 0 Å². The number of rotatable bonds is 16. The number of unbranched alkanes of at least 4 members (excludes halogenated alkanes) is 12. The minimum atomic E-state index is 0.406. The molecule has 0 aromatic carbocycles. The summed E-state index contributed by atoms with van der Waals surface area (Å²) in [7, 11) is 0. The van der Waals surface area contributed by atoms with E-state index < -0.39 is 0 Å². The van der Waals surface area contributed by atoms with Crippen molar-refractivity contribution in [1.29, 1.82) is 0 Å². The largest absolute Gasteiger partial charge is 0.300 e. The monoisotopic (exact) mass is 281 g/mol. The van der Waals surface area contributed by atoms with Crippen LogP contribution >= 0.6 is 0 Å². The van der Waals surface area contributed by atoms with Gasteiger partial charge in [0.15, 0.2) is 0 Å². The first-order valence-corrected chi connectivity index (χ1v) is 9.12. The van der Waals surface area contributed by atoms with Gasteiger partial charge in [-0.15, -0.1) is 0 Å². The Morgan fingerprint density at radius 2 is 1.05 bits per heavy atom. The quantitative estimate of drug-likeness (QED) is 0.289. The van der Waals surface area contributed by atoms with Gasteiger partial charge in [-0.2, -0.15) is 0 Å². The van der Waals surface area contributed by atoms with E-state index in [1.54, 1.807) is 0 Å². The molecule has 0 N–H and O–H groups in total. The van der Waals surface area contributed by atoms with Crippen LogP contribution in [-0.2, 0) is 4.79 Å². The highest BCUT2D eigenvalue weighted by Crippen LogP contribution is 2.13. The van der Waals surface area contributed by atoms with Gasteiger partial charge in [0.1, 0.15) is 5.78 Å². The van der Waals surface area contributed by atoms with Crippen molar-refractivity contribution in [3.63, 3.8) is 0 Å². The van der Waals surface area contributed by atoms with E-state index in [-0.39, 0.29) is 0 Å². The van der Waals surface area contributed by atoms with Crippen LogP contribution in [0.1, 0.15) is 110 Å². The minimum Gasteiger partial charge on any atom is -0.300 e. The summed E-state index contributed by atoms with van der Waals surface area (Å²) in [5.41, 5.74) is 0.